The van der Waals surface area contributed by atoms with E-state index in [2.05, 4.69) is 9.97 Å². The predicted molar refractivity (Wildman–Crippen MR) is 66.5 cm³/mol. The highest BCUT2D eigenvalue weighted by Crippen LogP contribution is 2.39. The van der Waals surface area contributed by atoms with E-state index in [0.717, 1.165) is 18.5 Å². The first-order valence-corrected chi connectivity index (χ1v) is 5.53. The Hall–Kier alpha value is -2.84. The van der Waals surface area contributed by atoms with Gasteiger partial charge < -0.3 is 16.2 Å². The molecule has 0 unspecified atom stereocenters. The third-order valence-electron chi connectivity index (χ3n) is 2.48. The maximum absolute atomic E-state index is 13.0. The monoisotopic (exact) mass is 298 g/mol. The van der Waals surface area contributed by atoms with Crippen LogP contribution in [-0.2, 0) is 6.18 Å². The van der Waals surface area contributed by atoms with Gasteiger partial charge in [-0.1, -0.05) is 0 Å². The first kappa shape index (κ1) is 14.6. The average Bonchev–Trinajstić information content (AvgIpc) is 2.40. The van der Waals surface area contributed by atoms with Crippen molar-refractivity contribution in [1.82, 2.24) is 9.97 Å². The minimum absolute atomic E-state index is 0.0235. The van der Waals surface area contributed by atoms with Gasteiger partial charge in [0.2, 0.25) is 11.8 Å². The number of carbonyl (C=O) groups excluding carboxylic acids is 1. The fraction of sp³-hybridized carbons (Fsp3) is 0.0833. The van der Waals surface area contributed by atoms with Crippen LogP contribution in [0.3, 0.4) is 0 Å². The normalized spacial score (nSPS) is 11.2. The number of amides is 1. The maximum atomic E-state index is 13.0. The van der Waals surface area contributed by atoms with Gasteiger partial charge in [0, 0.05) is 5.56 Å². The molecule has 1 heterocycles. The van der Waals surface area contributed by atoms with Gasteiger partial charge in [0.1, 0.15) is 17.8 Å². The Kier molecular flexibility index (Phi) is 3.66. The zero-order valence-electron chi connectivity index (χ0n) is 10.4. The SMILES string of the molecule is NC(=O)c1ccc(Oc2ncncc2N)c(C(F)(F)F)c1. The highest BCUT2D eigenvalue weighted by Gasteiger charge is 2.35. The molecule has 0 atom stereocenters. The first-order chi connectivity index (χ1) is 9.79. The van der Waals surface area contributed by atoms with Crippen LogP contribution in [0.4, 0.5) is 18.9 Å². The summed E-state index contributed by atoms with van der Waals surface area (Å²) in [5, 5.41) is 0. The van der Waals surface area contributed by atoms with Crippen molar-refractivity contribution in [2.24, 2.45) is 5.73 Å². The number of ether oxygens (including phenoxy) is 1. The fourth-order valence-corrected chi connectivity index (χ4v) is 1.51. The van der Waals surface area contributed by atoms with Gasteiger partial charge in [0.25, 0.3) is 0 Å². The van der Waals surface area contributed by atoms with Crippen LogP contribution in [0, 0.1) is 0 Å². The fourth-order valence-electron chi connectivity index (χ4n) is 1.51. The van der Waals surface area contributed by atoms with Gasteiger partial charge in [-0.15, -0.1) is 0 Å². The van der Waals surface area contributed by atoms with E-state index in [4.69, 9.17) is 16.2 Å². The third kappa shape index (κ3) is 3.19. The van der Waals surface area contributed by atoms with Gasteiger partial charge >= 0.3 is 6.18 Å². The maximum Gasteiger partial charge on any atom is 0.420 e. The van der Waals surface area contributed by atoms with Gasteiger partial charge in [-0.25, -0.2) is 4.98 Å². The number of halogens is 3. The summed E-state index contributed by atoms with van der Waals surface area (Å²) in [6.07, 6.45) is -2.47. The van der Waals surface area contributed by atoms with Gasteiger partial charge in [-0.3, -0.25) is 4.79 Å². The number of hydrogen-bond acceptors (Lipinski definition) is 5. The molecule has 0 bridgehead atoms. The minimum Gasteiger partial charge on any atom is -0.436 e. The molecule has 0 fully saturated rings. The van der Waals surface area contributed by atoms with E-state index in [1.165, 1.54) is 6.20 Å². The van der Waals surface area contributed by atoms with Gasteiger partial charge in [-0.2, -0.15) is 18.2 Å². The average molecular weight is 298 g/mol. The largest absolute Gasteiger partial charge is 0.436 e. The summed E-state index contributed by atoms with van der Waals surface area (Å²) in [6, 6.07) is 2.70. The van der Waals surface area contributed by atoms with Crippen molar-refractivity contribution >= 4 is 11.6 Å². The lowest BCUT2D eigenvalue weighted by Crippen LogP contribution is -2.14. The Bertz CT molecular complexity index is 688. The van der Waals surface area contributed by atoms with Crippen molar-refractivity contribution in [1.29, 1.82) is 0 Å². The Labute approximate surface area is 116 Å². The lowest BCUT2D eigenvalue weighted by molar-refractivity contribution is -0.138. The van der Waals surface area contributed by atoms with E-state index in [9.17, 15) is 18.0 Å². The molecule has 0 aliphatic carbocycles. The number of alkyl halides is 3. The number of benzene rings is 1. The van der Waals surface area contributed by atoms with Crippen molar-refractivity contribution in [3.63, 3.8) is 0 Å². The molecule has 0 aliphatic heterocycles. The van der Waals surface area contributed by atoms with Crippen molar-refractivity contribution in [3.8, 4) is 11.6 Å². The molecule has 1 aromatic heterocycles. The van der Waals surface area contributed by atoms with E-state index in [1.807, 2.05) is 0 Å². The van der Waals surface area contributed by atoms with Crippen LogP contribution < -0.4 is 16.2 Å². The number of aromatic nitrogens is 2. The molecule has 2 aromatic rings. The van der Waals surface area contributed by atoms with E-state index >= 15 is 0 Å². The third-order valence-corrected chi connectivity index (χ3v) is 2.48. The van der Waals surface area contributed by atoms with E-state index in [-0.39, 0.29) is 17.1 Å². The summed E-state index contributed by atoms with van der Waals surface area (Å²) in [6.45, 7) is 0. The number of nitrogen functional groups attached to an aromatic ring is 1. The Morgan fingerprint density at radius 2 is 2.00 bits per heavy atom. The second kappa shape index (κ2) is 5.27. The molecule has 4 N–H and O–H groups in total. The van der Waals surface area contributed by atoms with Gasteiger partial charge in [-0.05, 0) is 18.2 Å². The standard InChI is InChI=1S/C12H9F3N4O2/c13-12(14,15)7-3-6(10(17)20)1-2-9(7)21-11-8(16)4-18-5-19-11/h1-5H,16H2,(H2,17,20). The zero-order valence-corrected chi connectivity index (χ0v) is 10.4. The molecule has 0 aliphatic rings. The topological polar surface area (TPSA) is 104 Å². The van der Waals surface area contributed by atoms with Crippen LogP contribution in [-0.4, -0.2) is 15.9 Å². The summed E-state index contributed by atoms with van der Waals surface area (Å²) in [5.41, 5.74) is 9.00. The highest BCUT2D eigenvalue weighted by molar-refractivity contribution is 5.93. The van der Waals surface area contributed by atoms with Crippen LogP contribution in [0.15, 0.2) is 30.7 Å². The van der Waals surface area contributed by atoms with Crippen LogP contribution in [0.25, 0.3) is 0 Å². The van der Waals surface area contributed by atoms with Gasteiger partial charge in [0.05, 0.1) is 11.8 Å². The summed E-state index contributed by atoms with van der Waals surface area (Å²) in [4.78, 5) is 18.2. The molecule has 0 radical (unpaired) electrons. The molecule has 110 valence electrons. The summed E-state index contributed by atoms with van der Waals surface area (Å²) >= 11 is 0. The minimum atomic E-state index is -4.73. The smallest absolute Gasteiger partial charge is 0.420 e. The number of anilines is 1. The van der Waals surface area contributed by atoms with Crippen LogP contribution in [0.5, 0.6) is 11.6 Å². The number of nitrogens with two attached hydrogens (primary N) is 2. The number of primary amides is 1. The van der Waals surface area contributed by atoms with Crippen LogP contribution in [0.2, 0.25) is 0 Å². The molecular weight excluding hydrogens is 289 g/mol. The number of hydrogen-bond donors (Lipinski definition) is 2. The van der Waals surface area contributed by atoms with Crippen LogP contribution >= 0.6 is 0 Å². The molecule has 21 heavy (non-hydrogen) atoms. The van der Waals surface area contributed by atoms with E-state index in [1.54, 1.807) is 0 Å². The lowest BCUT2D eigenvalue weighted by atomic mass is 10.1. The number of nitrogens with zero attached hydrogens (tertiary/aromatic N) is 2. The van der Waals surface area contributed by atoms with Crippen LogP contribution in [0.1, 0.15) is 15.9 Å². The first-order valence-electron chi connectivity index (χ1n) is 5.53. The molecule has 6 nitrogen and oxygen atoms in total. The quantitative estimate of drug-likeness (QED) is 0.901. The van der Waals surface area contributed by atoms with E-state index in [0.29, 0.717) is 6.07 Å². The molecular formula is C12H9F3N4O2. The predicted octanol–water partition coefficient (Wildman–Crippen LogP) is 1.97. The highest BCUT2D eigenvalue weighted by atomic mass is 19.4. The van der Waals surface area contributed by atoms with Crippen molar-refractivity contribution < 1.29 is 22.7 Å². The van der Waals surface area contributed by atoms with Crippen molar-refractivity contribution in [2.75, 3.05) is 5.73 Å². The molecule has 1 amide bonds. The molecule has 0 saturated heterocycles. The summed E-state index contributed by atoms with van der Waals surface area (Å²) < 4.78 is 44.1. The summed E-state index contributed by atoms with van der Waals surface area (Å²) in [5.74, 6) is -1.74. The van der Waals surface area contributed by atoms with Gasteiger partial charge in [0.15, 0.2) is 0 Å². The zero-order chi connectivity index (χ0) is 15.6. The molecule has 1 aromatic carbocycles. The Balaban J connectivity index is 2.48. The Morgan fingerprint density at radius 3 is 2.57 bits per heavy atom. The lowest BCUT2D eigenvalue weighted by Gasteiger charge is -2.14. The molecule has 0 saturated carbocycles. The Morgan fingerprint density at radius 1 is 1.29 bits per heavy atom. The van der Waals surface area contributed by atoms with E-state index < -0.39 is 23.4 Å². The second-order valence-corrected chi connectivity index (χ2v) is 3.96. The summed E-state index contributed by atoms with van der Waals surface area (Å²) in [7, 11) is 0. The molecule has 9 heteroatoms. The van der Waals surface area contributed by atoms with Crippen molar-refractivity contribution in [3.05, 3.63) is 41.9 Å². The van der Waals surface area contributed by atoms with Crippen molar-refractivity contribution in [2.45, 2.75) is 6.18 Å². The molecule has 0 spiro atoms. The number of carbonyl (C=O) groups is 1. The number of rotatable bonds is 3. The second-order valence-electron chi connectivity index (χ2n) is 3.96. The molecule has 2 rings (SSSR count).